The van der Waals surface area contributed by atoms with Gasteiger partial charge in [-0.25, -0.2) is 4.39 Å². The first-order chi connectivity index (χ1) is 8.44. The third-order valence-corrected chi connectivity index (χ3v) is 2.82. The minimum atomic E-state index is -0.906. The number of nitrogens with zero attached hydrogens (tertiary/aromatic N) is 2. The largest absolute Gasteiger partial charge is 0.389 e. The number of halogens is 1. The Morgan fingerprint density at radius 1 is 1.33 bits per heavy atom. The van der Waals surface area contributed by atoms with E-state index in [1.807, 2.05) is 19.3 Å². The Morgan fingerprint density at radius 2 is 2.06 bits per heavy atom. The summed E-state index contributed by atoms with van der Waals surface area (Å²) in [7, 11) is 1.84. The van der Waals surface area contributed by atoms with Gasteiger partial charge >= 0.3 is 0 Å². The van der Waals surface area contributed by atoms with Crippen LogP contribution in [0.2, 0.25) is 0 Å². The third kappa shape index (κ3) is 3.40. The smallest absolute Gasteiger partial charge is 0.123 e. The fourth-order valence-corrected chi connectivity index (χ4v) is 2.15. The van der Waals surface area contributed by atoms with Crippen molar-refractivity contribution in [2.24, 2.45) is 7.05 Å². The van der Waals surface area contributed by atoms with Crippen LogP contribution in [-0.4, -0.2) is 20.5 Å². The number of aryl methyl sites for hydroxylation is 1. The molecule has 1 aromatic heterocycles. The molecule has 0 spiro atoms. The molecule has 1 unspecified atom stereocenters. The highest BCUT2D eigenvalue weighted by Gasteiger charge is 2.22. The maximum Gasteiger partial charge on any atom is 0.123 e. The second kappa shape index (κ2) is 4.90. The van der Waals surface area contributed by atoms with E-state index in [0.29, 0.717) is 12.8 Å². The van der Waals surface area contributed by atoms with Crippen LogP contribution in [0.4, 0.5) is 4.39 Å². The van der Waals surface area contributed by atoms with Gasteiger partial charge in [-0.15, -0.1) is 0 Å². The standard InChI is InChI=1S/C14H17FN2O/c1-14(18,8-12-9-16-17(2)10-12)7-11-4-3-5-13(15)6-11/h3-6,9-10,18H,7-8H2,1-2H3. The van der Waals surface area contributed by atoms with E-state index in [1.54, 1.807) is 23.9 Å². The number of hydrogen-bond acceptors (Lipinski definition) is 2. The van der Waals surface area contributed by atoms with Crippen molar-refractivity contribution < 1.29 is 9.50 Å². The van der Waals surface area contributed by atoms with Gasteiger partial charge in [-0.1, -0.05) is 12.1 Å². The van der Waals surface area contributed by atoms with Gasteiger partial charge in [-0.3, -0.25) is 4.68 Å². The molecule has 0 saturated carbocycles. The van der Waals surface area contributed by atoms with Gasteiger partial charge in [0.15, 0.2) is 0 Å². The highest BCUT2D eigenvalue weighted by atomic mass is 19.1. The molecule has 2 aromatic rings. The molecule has 0 amide bonds. The second-order valence-corrected chi connectivity index (χ2v) is 5.00. The molecular formula is C14H17FN2O. The predicted molar refractivity (Wildman–Crippen MR) is 67.6 cm³/mol. The molecule has 0 aliphatic carbocycles. The highest BCUT2D eigenvalue weighted by Crippen LogP contribution is 2.19. The minimum absolute atomic E-state index is 0.273. The number of aliphatic hydroxyl groups is 1. The lowest BCUT2D eigenvalue weighted by Gasteiger charge is -2.22. The van der Waals surface area contributed by atoms with Crippen LogP contribution in [0.25, 0.3) is 0 Å². The Morgan fingerprint density at radius 3 is 2.67 bits per heavy atom. The summed E-state index contributed by atoms with van der Waals surface area (Å²) in [6.07, 6.45) is 4.52. The van der Waals surface area contributed by atoms with E-state index in [0.717, 1.165) is 11.1 Å². The summed E-state index contributed by atoms with van der Waals surface area (Å²) in [5.74, 6) is -0.273. The monoisotopic (exact) mass is 248 g/mol. The van der Waals surface area contributed by atoms with Crippen LogP contribution in [-0.2, 0) is 19.9 Å². The van der Waals surface area contributed by atoms with Gasteiger partial charge < -0.3 is 5.11 Å². The van der Waals surface area contributed by atoms with Gasteiger partial charge in [0.25, 0.3) is 0 Å². The molecule has 0 radical (unpaired) electrons. The molecule has 18 heavy (non-hydrogen) atoms. The molecule has 0 saturated heterocycles. The molecule has 1 aromatic carbocycles. The van der Waals surface area contributed by atoms with Crippen molar-refractivity contribution in [2.45, 2.75) is 25.4 Å². The first-order valence-corrected chi connectivity index (χ1v) is 5.89. The van der Waals surface area contributed by atoms with Gasteiger partial charge in [-0.2, -0.15) is 5.10 Å². The highest BCUT2D eigenvalue weighted by molar-refractivity contribution is 5.19. The van der Waals surface area contributed by atoms with Gasteiger partial charge in [0.1, 0.15) is 5.82 Å². The van der Waals surface area contributed by atoms with E-state index in [2.05, 4.69) is 5.10 Å². The molecule has 1 N–H and O–H groups in total. The number of benzene rings is 1. The van der Waals surface area contributed by atoms with Crippen molar-refractivity contribution in [3.8, 4) is 0 Å². The third-order valence-electron chi connectivity index (χ3n) is 2.82. The fraction of sp³-hybridized carbons (Fsp3) is 0.357. The van der Waals surface area contributed by atoms with Crippen molar-refractivity contribution in [1.82, 2.24) is 9.78 Å². The van der Waals surface area contributed by atoms with Crippen LogP contribution in [0, 0.1) is 5.82 Å². The van der Waals surface area contributed by atoms with E-state index in [-0.39, 0.29) is 5.82 Å². The van der Waals surface area contributed by atoms with E-state index >= 15 is 0 Å². The molecule has 0 aliphatic rings. The SMILES string of the molecule is Cn1cc(CC(C)(O)Cc2cccc(F)c2)cn1. The van der Waals surface area contributed by atoms with Gasteiger partial charge in [-0.05, 0) is 30.2 Å². The van der Waals surface area contributed by atoms with Crippen LogP contribution in [0.1, 0.15) is 18.1 Å². The molecular weight excluding hydrogens is 231 g/mol. The number of hydrogen-bond donors (Lipinski definition) is 1. The summed E-state index contributed by atoms with van der Waals surface area (Å²) < 4.78 is 14.8. The Balaban J connectivity index is 2.07. The first-order valence-electron chi connectivity index (χ1n) is 5.89. The summed E-state index contributed by atoms with van der Waals surface area (Å²) in [4.78, 5) is 0. The van der Waals surface area contributed by atoms with Crippen LogP contribution in [0.5, 0.6) is 0 Å². The first kappa shape index (κ1) is 12.8. The average Bonchev–Trinajstić information content (AvgIpc) is 2.62. The Labute approximate surface area is 106 Å². The topological polar surface area (TPSA) is 38.0 Å². The van der Waals surface area contributed by atoms with Crippen molar-refractivity contribution in [1.29, 1.82) is 0 Å². The van der Waals surface area contributed by atoms with Gasteiger partial charge in [0.2, 0.25) is 0 Å². The summed E-state index contributed by atoms with van der Waals surface area (Å²) in [5, 5.41) is 14.4. The van der Waals surface area contributed by atoms with Crippen LogP contribution < -0.4 is 0 Å². The lowest BCUT2D eigenvalue weighted by molar-refractivity contribution is 0.0607. The molecule has 0 bridgehead atoms. The van der Waals surface area contributed by atoms with E-state index in [1.165, 1.54) is 12.1 Å². The molecule has 4 heteroatoms. The van der Waals surface area contributed by atoms with Crippen molar-refractivity contribution in [3.05, 3.63) is 53.6 Å². The van der Waals surface area contributed by atoms with Gasteiger partial charge in [0, 0.05) is 26.1 Å². The Bertz CT molecular complexity index is 534. The summed E-state index contributed by atoms with van der Waals surface area (Å²) in [6.45, 7) is 1.75. The molecule has 2 rings (SSSR count). The zero-order valence-electron chi connectivity index (χ0n) is 10.6. The van der Waals surface area contributed by atoms with Crippen LogP contribution >= 0.6 is 0 Å². The number of aromatic nitrogens is 2. The normalized spacial score (nSPS) is 14.4. The second-order valence-electron chi connectivity index (χ2n) is 5.00. The fourth-order valence-electron chi connectivity index (χ4n) is 2.15. The molecule has 1 atom stereocenters. The maximum absolute atomic E-state index is 13.1. The van der Waals surface area contributed by atoms with Crippen molar-refractivity contribution in [3.63, 3.8) is 0 Å². The summed E-state index contributed by atoms with van der Waals surface area (Å²) in [6, 6.07) is 6.34. The zero-order valence-corrected chi connectivity index (χ0v) is 10.6. The Kier molecular flexibility index (Phi) is 3.48. The molecule has 3 nitrogen and oxygen atoms in total. The minimum Gasteiger partial charge on any atom is -0.389 e. The lowest BCUT2D eigenvalue weighted by atomic mass is 9.91. The summed E-state index contributed by atoms with van der Waals surface area (Å²) >= 11 is 0. The van der Waals surface area contributed by atoms with Crippen LogP contribution in [0.15, 0.2) is 36.7 Å². The van der Waals surface area contributed by atoms with Gasteiger partial charge in [0.05, 0.1) is 11.8 Å². The number of rotatable bonds is 4. The van der Waals surface area contributed by atoms with E-state index < -0.39 is 5.60 Å². The lowest BCUT2D eigenvalue weighted by Crippen LogP contribution is -2.30. The average molecular weight is 248 g/mol. The molecule has 96 valence electrons. The molecule has 0 aliphatic heterocycles. The molecule has 0 fully saturated rings. The maximum atomic E-state index is 13.1. The predicted octanol–water partition coefficient (Wildman–Crippen LogP) is 2.10. The van der Waals surface area contributed by atoms with Crippen molar-refractivity contribution in [2.75, 3.05) is 0 Å². The van der Waals surface area contributed by atoms with E-state index in [9.17, 15) is 9.50 Å². The van der Waals surface area contributed by atoms with E-state index in [4.69, 9.17) is 0 Å². The van der Waals surface area contributed by atoms with Crippen LogP contribution in [0.3, 0.4) is 0 Å². The molecule has 1 heterocycles. The Hall–Kier alpha value is -1.68. The zero-order chi connectivity index (χ0) is 13.2. The van der Waals surface area contributed by atoms with Crippen molar-refractivity contribution >= 4 is 0 Å². The quantitative estimate of drug-likeness (QED) is 0.899. The summed E-state index contributed by atoms with van der Waals surface area (Å²) in [5.41, 5.74) is 0.861.